The van der Waals surface area contributed by atoms with Gasteiger partial charge in [-0.25, -0.2) is 4.39 Å². The van der Waals surface area contributed by atoms with Gasteiger partial charge >= 0.3 is 0 Å². The van der Waals surface area contributed by atoms with Gasteiger partial charge in [0, 0.05) is 25.4 Å². The monoisotopic (exact) mass is 252 g/mol. The number of carbonyl (C=O) groups is 1. The molecule has 1 N–H and O–H groups in total. The zero-order valence-electron chi connectivity index (χ0n) is 10.3. The standard InChI is InChI=1S/C13H17FN2O2/c1-15-7-8-16(13(18)12(15)6-9-17)11-4-2-10(14)3-5-11/h2-5,12,17H,6-9H2,1H3. The van der Waals surface area contributed by atoms with E-state index in [2.05, 4.69) is 0 Å². The number of amides is 1. The van der Waals surface area contributed by atoms with Crippen LogP contribution in [-0.4, -0.2) is 48.7 Å². The van der Waals surface area contributed by atoms with E-state index in [-0.39, 0.29) is 24.4 Å². The molecule has 0 aliphatic carbocycles. The predicted octanol–water partition coefficient (Wildman–Crippen LogP) is 0.855. The molecule has 0 aromatic heterocycles. The molecule has 1 aliphatic heterocycles. The van der Waals surface area contributed by atoms with Crippen LogP contribution in [0.15, 0.2) is 24.3 Å². The summed E-state index contributed by atoms with van der Waals surface area (Å²) < 4.78 is 12.9. The van der Waals surface area contributed by atoms with E-state index in [1.54, 1.807) is 17.0 Å². The van der Waals surface area contributed by atoms with Crippen molar-refractivity contribution in [2.45, 2.75) is 12.5 Å². The van der Waals surface area contributed by atoms with Gasteiger partial charge in [0.25, 0.3) is 0 Å². The Morgan fingerprint density at radius 2 is 2.00 bits per heavy atom. The molecule has 0 spiro atoms. The summed E-state index contributed by atoms with van der Waals surface area (Å²) in [5.74, 6) is -0.350. The Morgan fingerprint density at radius 3 is 2.61 bits per heavy atom. The van der Waals surface area contributed by atoms with Crippen molar-refractivity contribution < 1.29 is 14.3 Å². The van der Waals surface area contributed by atoms with Crippen molar-refractivity contribution in [1.82, 2.24) is 4.90 Å². The summed E-state index contributed by atoms with van der Waals surface area (Å²) in [5.41, 5.74) is 0.706. The molecule has 1 aromatic rings. The highest BCUT2D eigenvalue weighted by Gasteiger charge is 2.32. The normalized spacial score (nSPS) is 21.4. The van der Waals surface area contributed by atoms with E-state index >= 15 is 0 Å². The molecule has 1 atom stereocenters. The topological polar surface area (TPSA) is 43.8 Å². The molecule has 1 amide bonds. The number of aliphatic hydroxyl groups excluding tert-OH is 1. The first kappa shape index (κ1) is 13.0. The molecular weight excluding hydrogens is 235 g/mol. The Kier molecular flexibility index (Phi) is 3.93. The predicted molar refractivity (Wildman–Crippen MR) is 66.9 cm³/mol. The molecule has 4 nitrogen and oxygen atoms in total. The Hall–Kier alpha value is -1.46. The van der Waals surface area contributed by atoms with Gasteiger partial charge in [0.05, 0.1) is 6.04 Å². The van der Waals surface area contributed by atoms with Crippen molar-refractivity contribution in [1.29, 1.82) is 0 Å². The van der Waals surface area contributed by atoms with Gasteiger partial charge in [-0.3, -0.25) is 9.69 Å². The highest BCUT2D eigenvalue weighted by Crippen LogP contribution is 2.21. The zero-order valence-corrected chi connectivity index (χ0v) is 10.3. The maximum Gasteiger partial charge on any atom is 0.244 e. The summed E-state index contributed by atoms with van der Waals surface area (Å²) in [6, 6.07) is 5.61. The SMILES string of the molecule is CN1CCN(c2ccc(F)cc2)C(=O)C1CCO. The fourth-order valence-electron chi connectivity index (χ4n) is 2.24. The van der Waals surface area contributed by atoms with E-state index in [0.717, 1.165) is 6.54 Å². The van der Waals surface area contributed by atoms with E-state index in [1.165, 1.54) is 12.1 Å². The zero-order chi connectivity index (χ0) is 13.1. The fourth-order valence-corrected chi connectivity index (χ4v) is 2.24. The van der Waals surface area contributed by atoms with E-state index in [0.29, 0.717) is 18.7 Å². The second kappa shape index (κ2) is 5.46. The molecule has 1 unspecified atom stereocenters. The third-order valence-electron chi connectivity index (χ3n) is 3.30. The van der Waals surface area contributed by atoms with E-state index in [9.17, 15) is 9.18 Å². The van der Waals surface area contributed by atoms with Gasteiger partial charge in [0.1, 0.15) is 5.82 Å². The number of nitrogens with zero attached hydrogens (tertiary/aromatic N) is 2. The van der Waals surface area contributed by atoms with Crippen LogP contribution in [0.3, 0.4) is 0 Å². The number of rotatable bonds is 3. The van der Waals surface area contributed by atoms with Crippen molar-refractivity contribution in [3.8, 4) is 0 Å². The highest BCUT2D eigenvalue weighted by atomic mass is 19.1. The third kappa shape index (κ3) is 2.52. The lowest BCUT2D eigenvalue weighted by Gasteiger charge is -2.38. The van der Waals surface area contributed by atoms with Gasteiger partial charge in [0.15, 0.2) is 0 Å². The van der Waals surface area contributed by atoms with Crippen LogP contribution in [0.1, 0.15) is 6.42 Å². The van der Waals surface area contributed by atoms with Crippen LogP contribution < -0.4 is 4.90 Å². The Labute approximate surface area is 106 Å². The third-order valence-corrected chi connectivity index (χ3v) is 3.30. The Morgan fingerprint density at radius 1 is 1.33 bits per heavy atom. The molecule has 1 fully saturated rings. The van der Waals surface area contributed by atoms with Crippen LogP contribution in [0.4, 0.5) is 10.1 Å². The first-order chi connectivity index (χ1) is 8.63. The average molecular weight is 252 g/mol. The molecule has 1 aliphatic rings. The van der Waals surface area contributed by atoms with Gasteiger partial charge in [-0.1, -0.05) is 0 Å². The molecule has 1 aromatic carbocycles. The van der Waals surface area contributed by atoms with Crippen molar-refractivity contribution in [2.24, 2.45) is 0 Å². The molecule has 2 rings (SSSR count). The van der Waals surface area contributed by atoms with Crippen LogP contribution in [-0.2, 0) is 4.79 Å². The summed E-state index contributed by atoms with van der Waals surface area (Å²) in [4.78, 5) is 15.9. The molecule has 0 saturated carbocycles. The van der Waals surface area contributed by atoms with E-state index in [1.807, 2.05) is 11.9 Å². The minimum absolute atomic E-state index is 0.0159. The minimum atomic E-state index is -0.313. The van der Waals surface area contributed by atoms with Gasteiger partial charge in [-0.05, 0) is 37.7 Å². The second-order valence-corrected chi connectivity index (χ2v) is 4.47. The van der Waals surface area contributed by atoms with Crippen molar-refractivity contribution in [2.75, 3.05) is 31.6 Å². The van der Waals surface area contributed by atoms with Gasteiger partial charge in [-0.2, -0.15) is 0 Å². The number of likely N-dealkylation sites (N-methyl/N-ethyl adjacent to an activating group) is 1. The van der Waals surface area contributed by atoms with Crippen LogP contribution >= 0.6 is 0 Å². The summed E-state index contributed by atoms with van der Waals surface area (Å²) in [6.07, 6.45) is 0.424. The number of hydrogen-bond donors (Lipinski definition) is 1. The number of hydrogen-bond acceptors (Lipinski definition) is 3. The summed E-state index contributed by atoms with van der Waals surface area (Å²) in [7, 11) is 1.88. The van der Waals surface area contributed by atoms with Crippen LogP contribution in [0, 0.1) is 5.82 Å². The molecular formula is C13H17FN2O2. The van der Waals surface area contributed by atoms with Crippen LogP contribution in [0.2, 0.25) is 0 Å². The van der Waals surface area contributed by atoms with Gasteiger partial charge < -0.3 is 10.0 Å². The molecule has 1 saturated heterocycles. The van der Waals surface area contributed by atoms with Crippen molar-refractivity contribution in [3.63, 3.8) is 0 Å². The quantitative estimate of drug-likeness (QED) is 0.867. The molecule has 1 heterocycles. The lowest BCUT2D eigenvalue weighted by molar-refractivity contribution is -0.125. The molecule has 0 bridgehead atoms. The molecule has 18 heavy (non-hydrogen) atoms. The number of anilines is 1. The van der Waals surface area contributed by atoms with Gasteiger partial charge in [0.2, 0.25) is 5.91 Å². The first-order valence-corrected chi connectivity index (χ1v) is 6.01. The minimum Gasteiger partial charge on any atom is -0.396 e. The van der Waals surface area contributed by atoms with E-state index < -0.39 is 0 Å². The average Bonchev–Trinajstić information content (AvgIpc) is 2.36. The highest BCUT2D eigenvalue weighted by molar-refractivity contribution is 5.97. The number of benzene rings is 1. The molecule has 5 heteroatoms. The number of piperazine rings is 1. The maximum atomic E-state index is 12.9. The second-order valence-electron chi connectivity index (χ2n) is 4.47. The van der Waals surface area contributed by atoms with Gasteiger partial charge in [-0.15, -0.1) is 0 Å². The fraction of sp³-hybridized carbons (Fsp3) is 0.462. The Balaban J connectivity index is 2.18. The summed E-state index contributed by atoms with van der Waals surface area (Å²) >= 11 is 0. The Bertz CT molecular complexity index is 422. The lowest BCUT2D eigenvalue weighted by atomic mass is 10.1. The molecule has 98 valence electrons. The summed E-state index contributed by atoms with van der Waals surface area (Å²) in [6.45, 7) is 1.31. The van der Waals surface area contributed by atoms with Crippen molar-refractivity contribution >= 4 is 11.6 Å². The number of aliphatic hydroxyl groups is 1. The van der Waals surface area contributed by atoms with Crippen LogP contribution in [0.25, 0.3) is 0 Å². The molecule has 0 radical (unpaired) electrons. The summed E-state index contributed by atoms with van der Waals surface area (Å²) in [5, 5.41) is 9.00. The largest absolute Gasteiger partial charge is 0.396 e. The number of halogens is 1. The van der Waals surface area contributed by atoms with Crippen LogP contribution in [0.5, 0.6) is 0 Å². The smallest absolute Gasteiger partial charge is 0.244 e. The number of carbonyl (C=O) groups excluding carboxylic acids is 1. The van der Waals surface area contributed by atoms with Crippen molar-refractivity contribution in [3.05, 3.63) is 30.1 Å². The first-order valence-electron chi connectivity index (χ1n) is 6.01. The maximum absolute atomic E-state index is 12.9. The lowest BCUT2D eigenvalue weighted by Crippen LogP contribution is -2.56. The van der Waals surface area contributed by atoms with E-state index in [4.69, 9.17) is 5.11 Å².